The van der Waals surface area contributed by atoms with E-state index in [-0.39, 0.29) is 5.41 Å². The molecule has 0 saturated heterocycles. The van der Waals surface area contributed by atoms with E-state index in [0.717, 1.165) is 45.6 Å². The fourth-order valence-corrected chi connectivity index (χ4v) is 8.27. The number of rotatable bonds is 5. The van der Waals surface area contributed by atoms with Crippen LogP contribution in [0.5, 0.6) is 11.5 Å². The molecule has 0 aliphatic carbocycles. The molecule has 3 heteroatoms. The lowest BCUT2D eigenvalue weighted by atomic mass is 9.73. The molecule has 0 saturated carbocycles. The van der Waals surface area contributed by atoms with Crippen molar-refractivity contribution in [3.8, 4) is 33.8 Å². The number of ether oxygens (including phenoxy) is 1. The van der Waals surface area contributed by atoms with Crippen LogP contribution in [0.15, 0.2) is 182 Å². The summed E-state index contributed by atoms with van der Waals surface area (Å²) in [5, 5.41) is 2.35. The lowest BCUT2D eigenvalue weighted by Crippen LogP contribution is -2.32. The molecule has 2 aliphatic heterocycles. The Balaban J connectivity index is 1.22. The zero-order chi connectivity index (χ0) is 34.8. The first kappa shape index (κ1) is 30.3. The summed E-state index contributed by atoms with van der Waals surface area (Å²) >= 11 is 0. The second kappa shape index (κ2) is 11.8. The van der Waals surface area contributed by atoms with E-state index >= 15 is 0 Å². The number of benzene rings is 8. The highest BCUT2D eigenvalue weighted by molar-refractivity contribution is 6.06. The zero-order valence-corrected chi connectivity index (χ0v) is 29.1. The van der Waals surface area contributed by atoms with Gasteiger partial charge in [0, 0.05) is 27.7 Å². The van der Waals surface area contributed by atoms with Crippen molar-refractivity contribution in [3.05, 3.63) is 193 Å². The Morgan fingerprint density at radius 1 is 0.481 bits per heavy atom. The maximum atomic E-state index is 6.72. The SMILES string of the molecule is CC1(C)c2ccc(N(c3ccc(-c4ccccc4)cc3)c3ccccc3-c3ccccc3)cc2N2c3c(cccc31)Oc1ccc3ccccc3c12. The van der Waals surface area contributed by atoms with Crippen LogP contribution in [0.25, 0.3) is 33.0 Å². The Morgan fingerprint density at radius 3 is 1.94 bits per heavy atom. The second-order valence-corrected chi connectivity index (χ2v) is 14.2. The Morgan fingerprint density at radius 2 is 1.13 bits per heavy atom. The topological polar surface area (TPSA) is 15.7 Å². The fraction of sp³-hybridized carbons (Fsp3) is 0.0612. The molecule has 3 nitrogen and oxygen atoms in total. The number of para-hydroxylation sites is 2. The standard InChI is InChI=1S/C49H36N2O/c1-49(2)41-30-29-38(32-44(41)51-47-40-20-10-9-18-36(40)26-31-46(47)52-45-23-13-21-42(49)48(45)51)50(37-27-24-34(25-28-37)33-14-5-3-6-15-33)43-22-12-11-19-39(43)35-16-7-4-8-17-35/h3-32H,1-2H3. The van der Waals surface area contributed by atoms with Crippen molar-refractivity contribution in [2.24, 2.45) is 0 Å². The number of nitrogens with zero attached hydrogens (tertiary/aromatic N) is 2. The third-order valence-corrected chi connectivity index (χ3v) is 10.8. The minimum atomic E-state index is -0.259. The van der Waals surface area contributed by atoms with Gasteiger partial charge >= 0.3 is 0 Å². The van der Waals surface area contributed by atoms with Gasteiger partial charge in [-0.25, -0.2) is 0 Å². The van der Waals surface area contributed by atoms with E-state index in [1.54, 1.807) is 0 Å². The summed E-state index contributed by atoms with van der Waals surface area (Å²) in [5.74, 6) is 1.74. The molecule has 0 amide bonds. The fourth-order valence-electron chi connectivity index (χ4n) is 8.27. The molecule has 0 fully saturated rings. The lowest BCUT2D eigenvalue weighted by Gasteiger charge is -2.45. The Kier molecular flexibility index (Phi) is 6.84. The van der Waals surface area contributed by atoms with Gasteiger partial charge in [0.05, 0.1) is 22.7 Å². The summed E-state index contributed by atoms with van der Waals surface area (Å²) in [6.07, 6.45) is 0. The van der Waals surface area contributed by atoms with Crippen molar-refractivity contribution in [1.29, 1.82) is 0 Å². The van der Waals surface area contributed by atoms with Crippen LogP contribution in [0.1, 0.15) is 25.0 Å². The second-order valence-electron chi connectivity index (χ2n) is 14.2. The highest BCUT2D eigenvalue weighted by atomic mass is 16.5. The van der Waals surface area contributed by atoms with Crippen molar-refractivity contribution in [2.45, 2.75) is 19.3 Å². The number of anilines is 6. The van der Waals surface area contributed by atoms with Crippen molar-refractivity contribution >= 4 is 44.9 Å². The van der Waals surface area contributed by atoms with Crippen LogP contribution in [0.3, 0.4) is 0 Å². The minimum absolute atomic E-state index is 0.259. The predicted molar refractivity (Wildman–Crippen MR) is 216 cm³/mol. The summed E-state index contributed by atoms with van der Waals surface area (Å²) in [7, 11) is 0. The summed E-state index contributed by atoms with van der Waals surface area (Å²) in [5.41, 5.74) is 13.7. The van der Waals surface area contributed by atoms with Gasteiger partial charge < -0.3 is 14.5 Å². The molecule has 2 heterocycles. The van der Waals surface area contributed by atoms with Gasteiger partial charge in [-0.05, 0) is 75.7 Å². The van der Waals surface area contributed by atoms with E-state index in [2.05, 4.69) is 206 Å². The molecular formula is C49H36N2O. The molecule has 0 unspecified atom stereocenters. The molecule has 0 spiro atoms. The normalized spacial score (nSPS) is 13.5. The first-order valence-electron chi connectivity index (χ1n) is 17.9. The summed E-state index contributed by atoms with van der Waals surface area (Å²) in [6, 6.07) is 65.4. The van der Waals surface area contributed by atoms with Gasteiger partial charge in [0.1, 0.15) is 0 Å². The quantitative estimate of drug-likeness (QED) is 0.182. The third-order valence-electron chi connectivity index (χ3n) is 10.8. The van der Waals surface area contributed by atoms with E-state index in [1.807, 2.05) is 0 Å². The van der Waals surface area contributed by atoms with Gasteiger partial charge in [-0.15, -0.1) is 0 Å². The van der Waals surface area contributed by atoms with Gasteiger partial charge in [-0.1, -0.05) is 153 Å². The first-order chi connectivity index (χ1) is 25.6. The predicted octanol–water partition coefficient (Wildman–Crippen LogP) is 13.9. The molecule has 0 bridgehead atoms. The average Bonchev–Trinajstić information content (AvgIpc) is 3.20. The van der Waals surface area contributed by atoms with E-state index in [4.69, 9.17) is 4.74 Å². The molecule has 0 N–H and O–H groups in total. The Labute approximate surface area is 304 Å². The zero-order valence-electron chi connectivity index (χ0n) is 29.1. The largest absolute Gasteiger partial charge is 0.453 e. The Hall–Kier alpha value is -6.58. The van der Waals surface area contributed by atoms with Crippen LogP contribution in [0.4, 0.5) is 34.1 Å². The van der Waals surface area contributed by atoms with Crippen LogP contribution in [0.2, 0.25) is 0 Å². The molecule has 0 atom stereocenters. The summed E-state index contributed by atoms with van der Waals surface area (Å²) in [6.45, 7) is 4.67. The van der Waals surface area contributed by atoms with Crippen LogP contribution >= 0.6 is 0 Å². The maximum absolute atomic E-state index is 6.72. The molecule has 8 aromatic rings. The number of hydrogen-bond donors (Lipinski definition) is 0. The van der Waals surface area contributed by atoms with Gasteiger partial charge in [0.15, 0.2) is 11.5 Å². The molecule has 248 valence electrons. The Bertz CT molecular complexity index is 2630. The van der Waals surface area contributed by atoms with Gasteiger partial charge in [0.2, 0.25) is 0 Å². The first-order valence-corrected chi connectivity index (χ1v) is 17.9. The van der Waals surface area contributed by atoms with E-state index in [0.29, 0.717) is 0 Å². The highest BCUT2D eigenvalue weighted by Crippen LogP contribution is 2.61. The smallest absolute Gasteiger partial charge is 0.152 e. The summed E-state index contributed by atoms with van der Waals surface area (Å²) in [4.78, 5) is 4.88. The average molecular weight is 669 g/mol. The van der Waals surface area contributed by atoms with E-state index < -0.39 is 0 Å². The highest BCUT2D eigenvalue weighted by Gasteiger charge is 2.42. The lowest BCUT2D eigenvalue weighted by molar-refractivity contribution is 0.472. The minimum Gasteiger partial charge on any atom is -0.453 e. The van der Waals surface area contributed by atoms with Crippen LogP contribution in [-0.2, 0) is 5.41 Å². The van der Waals surface area contributed by atoms with Gasteiger partial charge in [-0.3, -0.25) is 0 Å². The van der Waals surface area contributed by atoms with Crippen molar-refractivity contribution in [3.63, 3.8) is 0 Å². The monoisotopic (exact) mass is 668 g/mol. The third kappa shape index (κ3) is 4.66. The summed E-state index contributed by atoms with van der Waals surface area (Å²) < 4.78 is 6.72. The molecule has 8 aromatic carbocycles. The van der Waals surface area contributed by atoms with E-state index in [1.165, 1.54) is 44.2 Å². The van der Waals surface area contributed by atoms with Crippen LogP contribution in [0, 0.1) is 0 Å². The molecule has 10 rings (SSSR count). The van der Waals surface area contributed by atoms with Gasteiger partial charge in [-0.2, -0.15) is 0 Å². The molecule has 52 heavy (non-hydrogen) atoms. The van der Waals surface area contributed by atoms with E-state index in [9.17, 15) is 0 Å². The molecular weight excluding hydrogens is 633 g/mol. The van der Waals surface area contributed by atoms with Crippen molar-refractivity contribution < 1.29 is 4.74 Å². The molecule has 0 aromatic heterocycles. The van der Waals surface area contributed by atoms with Crippen molar-refractivity contribution in [2.75, 3.05) is 9.80 Å². The molecule has 0 radical (unpaired) electrons. The maximum Gasteiger partial charge on any atom is 0.152 e. The number of fused-ring (bicyclic) bond motifs is 6. The number of hydrogen-bond acceptors (Lipinski definition) is 3. The van der Waals surface area contributed by atoms with Crippen LogP contribution < -0.4 is 14.5 Å². The molecule has 2 aliphatic rings. The van der Waals surface area contributed by atoms with Crippen molar-refractivity contribution in [1.82, 2.24) is 0 Å². The van der Waals surface area contributed by atoms with Crippen LogP contribution in [-0.4, -0.2) is 0 Å². The van der Waals surface area contributed by atoms with Gasteiger partial charge in [0.25, 0.3) is 0 Å².